The van der Waals surface area contributed by atoms with E-state index in [1.807, 2.05) is 43.3 Å². The zero-order chi connectivity index (χ0) is 15.5. The summed E-state index contributed by atoms with van der Waals surface area (Å²) in [6.07, 6.45) is 0.901. The van der Waals surface area contributed by atoms with Crippen molar-refractivity contribution in [1.29, 1.82) is 0 Å². The lowest BCUT2D eigenvalue weighted by atomic mass is 10.1. The van der Waals surface area contributed by atoms with Gasteiger partial charge in [0.25, 0.3) is 5.91 Å². The molecular weight excluding hydrogens is 296 g/mol. The van der Waals surface area contributed by atoms with Gasteiger partial charge in [-0.2, -0.15) is 0 Å². The van der Waals surface area contributed by atoms with Gasteiger partial charge in [-0.1, -0.05) is 37.3 Å². The number of fused-ring (bicyclic) bond motifs is 1. The molecule has 1 aromatic carbocycles. The molecule has 3 aromatic rings. The van der Waals surface area contributed by atoms with Gasteiger partial charge in [-0.3, -0.25) is 4.79 Å². The quantitative estimate of drug-likeness (QED) is 0.775. The molecular formula is C16H16N4OS. The van der Waals surface area contributed by atoms with Gasteiger partial charge in [0.15, 0.2) is 0 Å². The Morgan fingerprint density at radius 3 is 2.77 bits per heavy atom. The van der Waals surface area contributed by atoms with Crippen LogP contribution in [0.3, 0.4) is 0 Å². The van der Waals surface area contributed by atoms with Crippen LogP contribution in [0.1, 0.15) is 23.0 Å². The normalized spacial score (nSPS) is 10.8. The first kappa shape index (κ1) is 14.5. The zero-order valence-corrected chi connectivity index (χ0v) is 13.0. The summed E-state index contributed by atoms with van der Waals surface area (Å²) in [6.45, 7) is 2.68. The minimum atomic E-state index is -0.0811. The average Bonchev–Trinajstić information content (AvgIpc) is 2.96. The van der Waals surface area contributed by atoms with Crippen molar-refractivity contribution in [3.8, 4) is 11.3 Å². The van der Waals surface area contributed by atoms with E-state index >= 15 is 0 Å². The van der Waals surface area contributed by atoms with Crippen LogP contribution in [0.2, 0.25) is 0 Å². The average molecular weight is 312 g/mol. The molecule has 6 heteroatoms. The number of thiophene rings is 1. The number of benzene rings is 1. The summed E-state index contributed by atoms with van der Waals surface area (Å²) >= 11 is 1.34. The van der Waals surface area contributed by atoms with Crippen LogP contribution in [-0.2, 0) is 0 Å². The van der Waals surface area contributed by atoms with Crippen molar-refractivity contribution in [1.82, 2.24) is 15.3 Å². The van der Waals surface area contributed by atoms with Crippen molar-refractivity contribution in [2.45, 2.75) is 13.3 Å². The molecule has 0 spiro atoms. The molecule has 0 fully saturated rings. The highest BCUT2D eigenvalue weighted by molar-refractivity contribution is 7.20. The second-order valence-corrected chi connectivity index (χ2v) is 5.91. The number of nitrogens with two attached hydrogens (primary N) is 1. The summed E-state index contributed by atoms with van der Waals surface area (Å²) in [5.74, 6) is 0.135. The van der Waals surface area contributed by atoms with Crippen LogP contribution in [0, 0.1) is 0 Å². The molecule has 0 aliphatic rings. The van der Waals surface area contributed by atoms with E-state index in [1.165, 1.54) is 11.3 Å². The number of nitrogens with zero attached hydrogens (tertiary/aromatic N) is 2. The molecule has 2 aromatic heterocycles. The van der Waals surface area contributed by atoms with Crippen molar-refractivity contribution in [3.63, 3.8) is 0 Å². The summed E-state index contributed by atoms with van der Waals surface area (Å²) in [6, 6.07) is 11.6. The van der Waals surface area contributed by atoms with Gasteiger partial charge in [0.05, 0.1) is 10.6 Å². The zero-order valence-electron chi connectivity index (χ0n) is 12.2. The molecule has 1 amide bonds. The molecule has 0 radical (unpaired) electrons. The van der Waals surface area contributed by atoms with Crippen molar-refractivity contribution in [3.05, 3.63) is 41.3 Å². The number of anilines is 1. The number of hydrogen-bond donors (Lipinski definition) is 2. The Morgan fingerprint density at radius 1 is 1.27 bits per heavy atom. The Balaban J connectivity index is 2.10. The Morgan fingerprint density at radius 2 is 2.05 bits per heavy atom. The van der Waals surface area contributed by atoms with Gasteiger partial charge in [-0.25, -0.2) is 9.97 Å². The van der Waals surface area contributed by atoms with Crippen molar-refractivity contribution in [2.24, 2.45) is 0 Å². The first-order valence-electron chi connectivity index (χ1n) is 7.09. The molecule has 0 aliphatic carbocycles. The fraction of sp³-hybridized carbons (Fsp3) is 0.188. The minimum Gasteiger partial charge on any atom is -0.368 e. The highest BCUT2D eigenvalue weighted by atomic mass is 32.1. The molecule has 3 N–H and O–H groups in total. The van der Waals surface area contributed by atoms with Gasteiger partial charge in [0.2, 0.25) is 5.95 Å². The number of carbonyl (C=O) groups is 1. The molecule has 0 aliphatic heterocycles. The van der Waals surface area contributed by atoms with Crippen LogP contribution < -0.4 is 11.1 Å². The van der Waals surface area contributed by atoms with E-state index in [0.717, 1.165) is 27.9 Å². The summed E-state index contributed by atoms with van der Waals surface area (Å²) in [5.41, 5.74) is 7.53. The molecule has 112 valence electrons. The van der Waals surface area contributed by atoms with Crippen LogP contribution >= 0.6 is 11.3 Å². The van der Waals surface area contributed by atoms with Gasteiger partial charge in [-0.15, -0.1) is 11.3 Å². The third-order valence-corrected chi connectivity index (χ3v) is 4.24. The molecule has 22 heavy (non-hydrogen) atoms. The Hall–Kier alpha value is -2.47. The predicted octanol–water partition coefficient (Wildman–Crippen LogP) is 3.08. The summed E-state index contributed by atoms with van der Waals surface area (Å²) in [7, 11) is 0. The number of amides is 1. The molecule has 0 atom stereocenters. The topological polar surface area (TPSA) is 80.9 Å². The lowest BCUT2D eigenvalue weighted by molar-refractivity contribution is 0.0958. The van der Waals surface area contributed by atoms with Crippen molar-refractivity contribution in [2.75, 3.05) is 12.3 Å². The van der Waals surface area contributed by atoms with Gasteiger partial charge >= 0.3 is 0 Å². The molecule has 5 nitrogen and oxygen atoms in total. The van der Waals surface area contributed by atoms with Crippen LogP contribution in [-0.4, -0.2) is 22.4 Å². The van der Waals surface area contributed by atoms with E-state index in [2.05, 4.69) is 15.3 Å². The highest BCUT2D eigenvalue weighted by Gasteiger charge is 2.15. The van der Waals surface area contributed by atoms with Crippen molar-refractivity contribution < 1.29 is 4.79 Å². The van der Waals surface area contributed by atoms with Crippen molar-refractivity contribution >= 4 is 33.4 Å². The maximum atomic E-state index is 12.1. The second-order valence-electron chi connectivity index (χ2n) is 4.88. The SMILES string of the molecule is CCCNC(=O)c1cc2c(-c3ccccc3)nc(N)nc2s1. The van der Waals surface area contributed by atoms with E-state index < -0.39 is 0 Å². The van der Waals surface area contributed by atoms with Gasteiger partial charge in [0.1, 0.15) is 4.83 Å². The third kappa shape index (κ3) is 2.78. The molecule has 0 saturated carbocycles. The summed E-state index contributed by atoms with van der Waals surface area (Å²) in [5, 5.41) is 3.73. The maximum Gasteiger partial charge on any atom is 0.261 e. The van der Waals surface area contributed by atoms with E-state index in [-0.39, 0.29) is 11.9 Å². The fourth-order valence-corrected chi connectivity index (χ4v) is 3.15. The minimum absolute atomic E-state index is 0.0811. The van der Waals surface area contributed by atoms with Crippen LogP contribution in [0.15, 0.2) is 36.4 Å². The third-order valence-electron chi connectivity index (χ3n) is 3.22. The monoisotopic (exact) mass is 312 g/mol. The Bertz CT molecular complexity index is 814. The Kier molecular flexibility index (Phi) is 4.02. The molecule has 0 saturated heterocycles. The van der Waals surface area contributed by atoms with Crippen LogP contribution in [0.4, 0.5) is 5.95 Å². The van der Waals surface area contributed by atoms with E-state index in [0.29, 0.717) is 11.4 Å². The first-order chi connectivity index (χ1) is 10.7. The fourth-order valence-electron chi connectivity index (χ4n) is 2.19. The van der Waals surface area contributed by atoms with Gasteiger partial charge < -0.3 is 11.1 Å². The highest BCUT2D eigenvalue weighted by Crippen LogP contribution is 2.32. The number of nitrogens with one attached hydrogen (secondary N) is 1. The lowest BCUT2D eigenvalue weighted by Gasteiger charge is -2.03. The van der Waals surface area contributed by atoms with Crippen LogP contribution in [0.5, 0.6) is 0 Å². The largest absolute Gasteiger partial charge is 0.368 e. The molecule has 0 unspecified atom stereocenters. The second kappa shape index (κ2) is 6.11. The molecule has 0 bridgehead atoms. The number of aromatic nitrogens is 2. The van der Waals surface area contributed by atoms with Gasteiger partial charge in [-0.05, 0) is 12.5 Å². The lowest BCUT2D eigenvalue weighted by Crippen LogP contribution is -2.22. The van der Waals surface area contributed by atoms with Crippen LogP contribution in [0.25, 0.3) is 21.5 Å². The summed E-state index contributed by atoms with van der Waals surface area (Å²) < 4.78 is 0. The number of rotatable bonds is 4. The van der Waals surface area contributed by atoms with E-state index in [4.69, 9.17) is 5.73 Å². The predicted molar refractivity (Wildman–Crippen MR) is 89.9 cm³/mol. The number of carbonyl (C=O) groups excluding carboxylic acids is 1. The maximum absolute atomic E-state index is 12.1. The standard InChI is InChI=1S/C16H16N4OS/c1-2-8-18-14(21)12-9-11-13(10-6-4-3-5-7-10)19-16(17)20-15(11)22-12/h3-7,9H,2,8H2,1H3,(H,18,21)(H2,17,19,20). The first-order valence-corrected chi connectivity index (χ1v) is 7.91. The summed E-state index contributed by atoms with van der Waals surface area (Å²) in [4.78, 5) is 22.1. The molecule has 2 heterocycles. The number of nitrogen functional groups attached to an aromatic ring is 1. The van der Waals surface area contributed by atoms with E-state index in [9.17, 15) is 4.79 Å². The number of hydrogen-bond acceptors (Lipinski definition) is 5. The van der Waals surface area contributed by atoms with Gasteiger partial charge in [0, 0.05) is 17.5 Å². The Labute approximate surface area is 132 Å². The molecule has 3 rings (SSSR count). The van der Waals surface area contributed by atoms with E-state index in [1.54, 1.807) is 0 Å². The smallest absolute Gasteiger partial charge is 0.261 e.